The summed E-state index contributed by atoms with van der Waals surface area (Å²) in [6.45, 7) is 0.148. The van der Waals surface area contributed by atoms with Crippen molar-refractivity contribution in [1.29, 1.82) is 0 Å². The van der Waals surface area contributed by atoms with E-state index in [2.05, 4.69) is 0 Å². The van der Waals surface area contributed by atoms with E-state index in [1.165, 1.54) is 41.6 Å². The highest BCUT2D eigenvalue weighted by Crippen LogP contribution is 2.51. The second kappa shape index (κ2) is 11.4. The maximum absolute atomic E-state index is 12.0. The van der Waals surface area contributed by atoms with Gasteiger partial charge in [-0.2, -0.15) is 0 Å². The zero-order chi connectivity index (χ0) is 25.7. The molecule has 0 bridgehead atoms. The molecule has 0 unspecified atom stereocenters. The molecular formula is C25H28O11. The number of hydrogen-bond acceptors (Lipinski definition) is 11. The van der Waals surface area contributed by atoms with E-state index >= 15 is 0 Å². The first-order valence-corrected chi connectivity index (χ1v) is 11.0. The minimum Gasteiger partial charge on any atom is -0.493 e. The van der Waals surface area contributed by atoms with Gasteiger partial charge in [0.05, 0.1) is 27.9 Å². The Morgan fingerprint density at radius 1 is 0.806 bits per heavy atom. The standard InChI is InChI=1S/C25H28O11/c1-27-12-32-11-19-21(15-9-16(29-3)23(33-13-28-2)17(10-15)30-4)36-24-18(31-5)8-14-6-7-20(26)35-22(14)25(24)34-19/h6-10,19,21H,11-13H2,1-5H3/t19-,21-/m0/s1. The van der Waals surface area contributed by atoms with Gasteiger partial charge in [0.15, 0.2) is 41.8 Å². The van der Waals surface area contributed by atoms with Crippen molar-refractivity contribution >= 4 is 11.0 Å². The van der Waals surface area contributed by atoms with Crippen LogP contribution in [0.4, 0.5) is 0 Å². The summed E-state index contributed by atoms with van der Waals surface area (Å²) in [5.41, 5.74) is 0.377. The van der Waals surface area contributed by atoms with Crippen LogP contribution in [-0.2, 0) is 14.2 Å². The molecule has 1 aliphatic rings. The molecule has 11 nitrogen and oxygen atoms in total. The van der Waals surface area contributed by atoms with Gasteiger partial charge in [-0.25, -0.2) is 4.79 Å². The Labute approximate surface area is 207 Å². The smallest absolute Gasteiger partial charge is 0.336 e. The predicted octanol–water partition coefficient (Wildman–Crippen LogP) is 3.30. The molecule has 194 valence electrons. The summed E-state index contributed by atoms with van der Waals surface area (Å²) in [5, 5.41) is 0.617. The van der Waals surface area contributed by atoms with Crippen LogP contribution < -0.4 is 34.0 Å². The lowest BCUT2D eigenvalue weighted by atomic mass is 10.0. The molecule has 0 saturated carbocycles. The molecule has 0 fully saturated rings. The largest absolute Gasteiger partial charge is 0.493 e. The fraction of sp³-hybridized carbons (Fsp3) is 0.400. The fourth-order valence-corrected chi connectivity index (χ4v) is 3.90. The van der Waals surface area contributed by atoms with Crippen LogP contribution in [0.3, 0.4) is 0 Å². The molecule has 4 rings (SSSR count). The van der Waals surface area contributed by atoms with Crippen molar-refractivity contribution in [3.05, 3.63) is 46.3 Å². The first kappa shape index (κ1) is 25.4. The molecule has 2 heterocycles. The maximum atomic E-state index is 12.0. The number of methoxy groups -OCH3 is 5. The molecular weight excluding hydrogens is 476 g/mol. The monoisotopic (exact) mass is 504 g/mol. The van der Waals surface area contributed by atoms with E-state index in [9.17, 15) is 4.79 Å². The number of ether oxygens (including phenoxy) is 9. The molecule has 0 aliphatic carbocycles. The van der Waals surface area contributed by atoms with Crippen LogP contribution in [0.15, 0.2) is 39.5 Å². The summed E-state index contributed by atoms with van der Waals surface area (Å²) >= 11 is 0. The molecule has 1 aliphatic heterocycles. The topological polar surface area (TPSA) is 113 Å². The maximum Gasteiger partial charge on any atom is 0.336 e. The molecule has 11 heteroatoms. The normalized spacial score (nSPS) is 16.6. The SMILES string of the molecule is COCOC[C@@H]1Oc2c(c(OC)cc3ccc(=O)oc23)O[C@H]1c1cc(OC)c(OCOC)c(OC)c1. The highest BCUT2D eigenvalue weighted by atomic mass is 16.7. The van der Waals surface area contributed by atoms with Crippen molar-refractivity contribution < 1.29 is 47.0 Å². The van der Waals surface area contributed by atoms with Gasteiger partial charge in [-0.3, -0.25) is 0 Å². The zero-order valence-corrected chi connectivity index (χ0v) is 20.7. The Hall–Kier alpha value is -3.67. The van der Waals surface area contributed by atoms with Crippen molar-refractivity contribution in [2.24, 2.45) is 0 Å². The lowest BCUT2D eigenvalue weighted by Gasteiger charge is -2.35. The third kappa shape index (κ3) is 4.99. The van der Waals surface area contributed by atoms with Crippen molar-refractivity contribution in [3.63, 3.8) is 0 Å². The van der Waals surface area contributed by atoms with Crippen molar-refractivity contribution in [2.75, 3.05) is 55.7 Å². The fourth-order valence-electron chi connectivity index (χ4n) is 3.90. The minimum absolute atomic E-state index is 0.00540. The zero-order valence-electron chi connectivity index (χ0n) is 20.7. The number of fused-ring (bicyclic) bond motifs is 3. The van der Waals surface area contributed by atoms with E-state index in [1.807, 2.05) is 0 Å². The van der Waals surface area contributed by atoms with Crippen molar-refractivity contribution in [3.8, 4) is 34.5 Å². The van der Waals surface area contributed by atoms with Gasteiger partial charge in [0, 0.05) is 31.2 Å². The van der Waals surface area contributed by atoms with Crippen LogP contribution in [0.1, 0.15) is 11.7 Å². The third-order valence-electron chi connectivity index (χ3n) is 5.47. The summed E-state index contributed by atoms with van der Waals surface area (Å²) in [6.07, 6.45) is -1.37. The first-order valence-electron chi connectivity index (χ1n) is 11.0. The van der Waals surface area contributed by atoms with Crippen LogP contribution in [-0.4, -0.2) is 61.8 Å². The van der Waals surface area contributed by atoms with Crippen LogP contribution >= 0.6 is 0 Å². The van der Waals surface area contributed by atoms with Gasteiger partial charge in [-0.15, -0.1) is 0 Å². The molecule has 36 heavy (non-hydrogen) atoms. The van der Waals surface area contributed by atoms with E-state index in [4.69, 9.17) is 47.0 Å². The van der Waals surface area contributed by atoms with Crippen LogP contribution in [0, 0.1) is 0 Å². The van der Waals surface area contributed by atoms with Crippen LogP contribution in [0.2, 0.25) is 0 Å². The number of hydrogen-bond donors (Lipinski definition) is 0. The average Bonchev–Trinajstić information content (AvgIpc) is 2.90. The molecule has 0 N–H and O–H groups in total. The van der Waals surface area contributed by atoms with E-state index in [0.717, 1.165) is 0 Å². The Morgan fingerprint density at radius 3 is 2.14 bits per heavy atom. The summed E-state index contributed by atoms with van der Waals surface area (Å²) in [7, 11) is 7.58. The van der Waals surface area contributed by atoms with Crippen molar-refractivity contribution in [1.82, 2.24) is 0 Å². The Bertz CT molecular complexity index is 1230. The second-order valence-corrected chi connectivity index (χ2v) is 7.69. The molecule has 0 spiro atoms. The van der Waals surface area contributed by atoms with Gasteiger partial charge in [0.2, 0.25) is 17.2 Å². The lowest BCUT2D eigenvalue weighted by Crippen LogP contribution is -2.37. The Morgan fingerprint density at radius 2 is 1.50 bits per heavy atom. The molecule has 0 amide bonds. The molecule has 3 aromatic rings. The molecule has 0 radical (unpaired) electrons. The summed E-state index contributed by atoms with van der Waals surface area (Å²) in [5.74, 6) is 2.12. The van der Waals surface area contributed by atoms with E-state index < -0.39 is 17.8 Å². The summed E-state index contributed by atoms with van der Waals surface area (Å²) in [4.78, 5) is 12.0. The Kier molecular flexibility index (Phi) is 8.04. The van der Waals surface area contributed by atoms with Gasteiger partial charge in [-0.1, -0.05) is 0 Å². The van der Waals surface area contributed by atoms with E-state index in [-0.39, 0.29) is 37.3 Å². The first-order chi connectivity index (χ1) is 17.5. The summed E-state index contributed by atoms with van der Waals surface area (Å²) in [6, 6.07) is 8.17. The van der Waals surface area contributed by atoms with Gasteiger partial charge < -0.3 is 47.0 Å². The van der Waals surface area contributed by atoms with Gasteiger partial charge in [0.25, 0.3) is 0 Å². The van der Waals surface area contributed by atoms with Crippen LogP contribution in [0.5, 0.6) is 34.5 Å². The number of benzene rings is 2. The molecule has 1 aromatic heterocycles. The highest BCUT2D eigenvalue weighted by Gasteiger charge is 2.38. The second-order valence-electron chi connectivity index (χ2n) is 7.69. The lowest BCUT2D eigenvalue weighted by molar-refractivity contribution is -0.0870. The quantitative estimate of drug-likeness (QED) is 0.218. The van der Waals surface area contributed by atoms with Gasteiger partial charge in [0.1, 0.15) is 6.79 Å². The third-order valence-corrected chi connectivity index (χ3v) is 5.47. The molecule has 2 aromatic carbocycles. The predicted molar refractivity (Wildman–Crippen MR) is 127 cm³/mol. The number of rotatable bonds is 11. The van der Waals surface area contributed by atoms with E-state index in [1.54, 1.807) is 24.3 Å². The minimum atomic E-state index is -0.699. The average molecular weight is 504 g/mol. The highest BCUT2D eigenvalue weighted by molar-refractivity contribution is 5.88. The van der Waals surface area contributed by atoms with Crippen molar-refractivity contribution in [2.45, 2.75) is 12.2 Å². The summed E-state index contributed by atoms with van der Waals surface area (Å²) < 4.78 is 56.2. The van der Waals surface area contributed by atoms with Gasteiger partial charge in [-0.05, 0) is 24.3 Å². The molecule has 0 saturated heterocycles. The van der Waals surface area contributed by atoms with E-state index in [0.29, 0.717) is 33.9 Å². The van der Waals surface area contributed by atoms with Gasteiger partial charge >= 0.3 is 5.63 Å². The molecule has 2 atom stereocenters. The Balaban J connectivity index is 1.83. The van der Waals surface area contributed by atoms with Crippen LogP contribution in [0.25, 0.3) is 11.0 Å².